The number of phenols is 1. The number of rotatable bonds is 8. The number of methoxy groups -OCH3 is 1. The van der Waals surface area contributed by atoms with Crippen LogP contribution in [0.25, 0.3) is 32.8 Å². The molecule has 2 aromatic heterocycles. The number of ether oxygens (including phenoxy) is 1. The van der Waals surface area contributed by atoms with Crippen molar-refractivity contribution in [3.8, 4) is 33.3 Å². The molecule has 0 fully saturated rings. The van der Waals surface area contributed by atoms with E-state index < -0.39 is 5.63 Å². The van der Waals surface area contributed by atoms with Crippen LogP contribution in [0.5, 0.6) is 11.5 Å². The lowest BCUT2D eigenvalue weighted by Gasteiger charge is -2.07. The lowest BCUT2D eigenvalue weighted by atomic mass is 10.0. The van der Waals surface area contributed by atoms with Crippen LogP contribution in [0, 0.1) is 0 Å². The van der Waals surface area contributed by atoms with Gasteiger partial charge in [0.1, 0.15) is 22.1 Å². The zero-order valence-electron chi connectivity index (χ0n) is 17.7. The minimum Gasteiger partial charge on any atom is -0.508 e. The zero-order chi connectivity index (χ0) is 21.8. The van der Waals surface area contributed by atoms with Crippen molar-refractivity contribution in [2.45, 2.75) is 39.0 Å². The number of aromatic nitrogens is 1. The Morgan fingerprint density at radius 2 is 1.90 bits per heavy atom. The summed E-state index contributed by atoms with van der Waals surface area (Å²) in [6.45, 7) is 2.17. The highest BCUT2D eigenvalue weighted by atomic mass is 32.1. The lowest BCUT2D eigenvalue weighted by molar-refractivity contribution is 0.415. The van der Waals surface area contributed by atoms with E-state index in [2.05, 4.69) is 11.9 Å². The van der Waals surface area contributed by atoms with Crippen LogP contribution >= 0.6 is 11.3 Å². The fourth-order valence-corrected chi connectivity index (χ4v) is 4.41. The molecule has 31 heavy (non-hydrogen) atoms. The Morgan fingerprint density at radius 3 is 2.65 bits per heavy atom. The summed E-state index contributed by atoms with van der Waals surface area (Å²) in [5, 5.41) is 13.6. The second-order valence-electron chi connectivity index (χ2n) is 7.54. The Bertz CT molecular complexity index is 1240. The first-order valence-corrected chi connectivity index (χ1v) is 11.4. The average molecular weight is 436 g/mol. The highest BCUT2D eigenvalue weighted by Gasteiger charge is 2.14. The molecule has 160 valence electrons. The summed E-state index contributed by atoms with van der Waals surface area (Å²) in [5.41, 5.74) is 3.00. The molecule has 0 saturated heterocycles. The number of thiazole rings is 1. The Labute approximate surface area is 185 Å². The Hall–Kier alpha value is -3.12. The molecule has 0 bridgehead atoms. The molecule has 0 aliphatic carbocycles. The molecule has 4 rings (SSSR count). The van der Waals surface area contributed by atoms with E-state index >= 15 is 0 Å². The fraction of sp³-hybridized carbons (Fsp3) is 0.280. The normalized spacial score (nSPS) is 11.2. The van der Waals surface area contributed by atoms with Gasteiger partial charge in [-0.2, -0.15) is 0 Å². The van der Waals surface area contributed by atoms with Crippen molar-refractivity contribution in [1.29, 1.82) is 0 Å². The third kappa shape index (κ3) is 4.64. The molecule has 1 N–H and O–H groups in total. The molecule has 2 heterocycles. The maximum atomic E-state index is 12.7. The molecule has 4 aromatic rings. The molecular formula is C25H25NO4S. The fourth-order valence-electron chi connectivity index (χ4n) is 3.58. The predicted octanol–water partition coefficient (Wildman–Crippen LogP) is 6.42. The monoisotopic (exact) mass is 435 g/mol. The van der Waals surface area contributed by atoms with Crippen molar-refractivity contribution in [1.82, 2.24) is 4.98 Å². The lowest BCUT2D eigenvalue weighted by Crippen LogP contribution is -2.03. The zero-order valence-corrected chi connectivity index (χ0v) is 18.5. The van der Waals surface area contributed by atoms with Gasteiger partial charge >= 0.3 is 5.63 Å². The topological polar surface area (TPSA) is 72.6 Å². The first kappa shape index (κ1) is 21.1. The Morgan fingerprint density at radius 1 is 1.10 bits per heavy atom. The predicted molar refractivity (Wildman–Crippen MR) is 125 cm³/mol. The summed E-state index contributed by atoms with van der Waals surface area (Å²) >= 11 is 1.39. The summed E-state index contributed by atoms with van der Waals surface area (Å²) in [4.78, 5) is 17.3. The van der Waals surface area contributed by atoms with Gasteiger partial charge in [-0.25, -0.2) is 9.78 Å². The van der Waals surface area contributed by atoms with Crippen LogP contribution < -0.4 is 10.4 Å². The van der Waals surface area contributed by atoms with E-state index in [1.54, 1.807) is 25.3 Å². The molecule has 0 saturated carbocycles. The minimum atomic E-state index is -0.425. The Kier molecular flexibility index (Phi) is 6.37. The molecular weight excluding hydrogens is 410 g/mol. The van der Waals surface area contributed by atoms with E-state index in [1.807, 2.05) is 29.6 Å². The highest BCUT2D eigenvalue weighted by molar-refractivity contribution is 7.13. The van der Waals surface area contributed by atoms with Crippen LogP contribution in [0.15, 0.2) is 57.1 Å². The third-order valence-corrected chi connectivity index (χ3v) is 6.23. The van der Waals surface area contributed by atoms with Gasteiger partial charge in [0.2, 0.25) is 0 Å². The van der Waals surface area contributed by atoms with Crippen molar-refractivity contribution in [3.05, 3.63) is 63.8 Å². The summed E-state index contributed by atoms with van der Waals surface area (Å²) in [7, 11) is 1.63. The van der Waals surface area contributed by atoms with Crippen LogP contribution in [-0.4, -0.2) is 17.2 Å². The van der Waals surface area contributed by atoms with Crippen molar-refractivity contribution in [3.63, 3.8) is 0 Å². The number of unbranched alkanes of at least 4 members (excludes halogenated alkanes) is 3. The van der Waals surface area contributed by atoms with Crippen LogP contribution in [-0.2, 0) is 6.42 Å². The van der Waals surface area contributed by atoms with Crippen molar-refractivity contribution in [2.75, 3.05) is 7.11 Å². The molecule has 0 unspecified atom stereocenters. The molecule has 0 atom stereocenters. The second-order valence-corrected chi connectivity index (χ2v) is 8.40. The summed E-state index contributed by atoms with van der Waals surface area (Å²) in [6, 6.07) is 12.8. The quantitative estimate of drug-likeness (QED) is 0.255. The number of aromatic hydroxyl groups is 1. The smallest absolute Gasteiger partial charge is 0.346 e. The van der Waals surface area contributed by atoms with E-state index in [-0.39, 0.29) is 5.75 Å². The number of hydrogen-bond acceptors (Lipinski definition) is 6. The summed E-state index contributed by atoms with van der Waals surface area (Å²) in [6.07, 6.45) is 5.24. The van der Waals surface area contributed by atoms with Gasteiger partial charge in [-0.1, -0.05) is 26.2 Å². The van der Waals surface area contributed by atoms with Gasteiger partial charge in [0.25, 0.3) is 0 Å². The minimum absolute atomic E-state index is 0.238. The number of nitrogens with zero attached hydrogens (tertiary/aromatic N) is 1. The SMILES string of the molecule is CCCCCCc1cc2oc(=O)c(-c3nc(-c4ccc(OC)cc4)cs3)cc2cc1O. The van der Waals surface area contributed by atoms with Crippen molar-refractivity contribution < 1.29 is 14.3 Å². The summed E-state index contributed by atoms with van der Waals surface area (Å²) < 4.78 is 10.8. The number of aryl methyl sites for hydroxylation is 1. The van der Waals surface area contributed by atoms with Gasteiger partial charge in [0, 0.05) is 16.3 Å². The molecule has 0 aliphatic heterocycles. The van der Waals surface area contributed by atoms with E-state index in [0.717, 1.165) is 48.3 Å². The van der Waals surface area contributed by atoms with Gasteiger partial charge in [-0.3, -0.25) is 0 Å². The van der Waals surface area contributed by atoms with Crippen LogP contribution in [0.4, 0.5) is 0 Å². The van der Waals surface area contributed by atoms with E-state index in [4.69, 9.17) is 9.15 Å². The largest absolute Gasteiger partial charge is 0.508 e. The number of phenolic OH excluding ortho intramolecular Hbond substituents is 1. The van der Waals surface area contributed by atoms with Crippen LogP contribution in [0.1, 0.15) is 38.2 Å². The first-order chi connectivity index (χ1) is 15.1. The number of benzene rings is 2. The van der Waals surface area contributed by atoms with E-state index in [0.29, 0.717) is 21.5 Å². The molecule has 6 heteroatoms. The molecule has 0 radical (unpaired) electrons. The Balaban J connectivity index is 1.63. The van der Waals surface area contributed by atoms with E-state index in [1.165, 1.54) is 17.8 Å². The van der Waals surface area contributed by atoms with Gasteiger partial charge in [-0.15, -0.1) is 11.3 Å². The molecule has 5 nitrogen and oxygen atoms in total. The second kappa shape index (κ2) is 9.35. The molecule has 0 spiro atoms. The van der Waals surface area contributed by atoms with Gasteiger partial charge in [-0.05, 0) is 60.9 Å². The van der Waals surface area contributed by atoms with E-state index in [9.17, 15) is 9.90 Å². The number of hydrogen-bond donors (Lipinski definition) is 1. The maximum absolute atomic E-state index is 12.7. The standard InChI is InChI=1S/C25H25NO4S/c1-3-4-5-6-7-17-14-23-18(13-22(17)27)12-20(25(28)30-23)24-26-21(15-31-24)16-8-10-19(29-2)11-9-16/h8-15,27H,3-7H2,1-2H3. The summed E-state index contributed by atoms with van der Waals surface area (Å²) in [5.74, 6) is 1.01. The van der Waals surface area contributed by atoms with Crippen molar-refractivity contribution >= 4 is 22.3 Å². The maximum Gasteiger partial charge on any atom is 0.346 e. The van der Waals surface area contributed by atoms with Gasteiger partial charge in [0.15, 0.2) is 0 Å². The third-order valence-electron chi connectivity index (χ3n) is 5.35. The molecule has 0 amide bonds. The average Bonchev–Trinajstić information content (AvgIpc) is 3.27. The van der Waals surface area contributed by atoms with Crippen molar-refractivity contribution in [2.24, 2.45) is 0 Å². The number of fused-ring (bicyclic) bond motifs is 1. The first-order valence-electron chi connectivity index (χ1n) is 10.5. The van der Waals surface area contributed by atoms with Crippen LogP contribution in [0.2, 0.25) is 0 Å². The van der Waals surface area contributed by atoms with Gasteiger partial charge in [0.05, 0.1) is 18.4 Å². The molecule has 2 aromatic carbocycles. The highest BCUT2D eigenvalue weighted by Crippen LogP contribution is 2.32. The van der Waals surface area contributed by atoms with Gasteiger partial charge < -0.3 is 14.3 Å². The molecule has 0 aliphatic rings. The van der Waals surface area contributed by atoms with Crippen LogP contribution in [0.3, 0.4) is 0 Å².